The molecule has 210 valence electrons. The Bertz CT molecular complexity index is 1400. The Morgan fingerprint density at radius 2 is 1.90 bits per heavy atom. The third-order valence-corrected chi connectivity index (χ3v) is 6.31. The Hall–Kier alpha value is -4.45. The fraction of sp³-hybridized carbons (Fsp3) is 0.357. The lowest BCUT2D eigenvalue weighted by Gasteiger charge is -2.26. The summed E-state index contributed by atoms with van der Waals surface area (Å²) < 4.78 is 31.1. The van der Waals surface area contributed by atoms with Crippen molar-refractivity contribution in [1.82, 2.24) is 5.16 Å². The first-order chi connectivity index (χ1) is 19.1. The largest absolute Gasteiger partial charge is 0.443 e. The summed E-state index contributed by atoms with van der Waals surface area (Å²) in [5.74, 6) is -0.299. The van der Waals surface area contributed by atoms with E-state index in [9.17, 15) is 14.7 Å². The van der Waals surface area contributed by atoms with E-state index < -0.39 is 29.7 Å². The highest BCUT2D eigenvalue weighted by atomic mass is 19.1. The second-order valence-electron chi connectivity index (χ2n) is 10.5. The van der Waals surface area contributed by atoms with E-state index in [1.807, 2.05) is 12.1 Å². The molecule has 1 fully saturated rings. The number of aliphatic hydroxyl groups excluding tert-OH is 1. The van der Waals surface area contributed by atoms with Crippen molar-refractivity contribution in [3.8, 4) is 11.1 Å². The minimum absolute atomic E-state index is 0.0357. The van der Waals surface area contributed by atoms with E-state index in [2.05, 4.69) is 10.3 Å². The molecule has 2 amide bonds. The average molecular weight is 553 g/mol. The van der Waals surface area contributed by atoms with Crippen LogP contribution < -0.4 is 9.80 Å². The standard InChI is InChI=1S/C28H29FN4O7/c1-28(2,3)39-27(36)33(25-10-11-37-31-25)15-21-14-32(26(35)38-21)19-8-9-22(23(29)12-19)17-4-6-18(7-5-17)24-13-20(16-34)40-30-24/h4-12,20-21,34H,13-16H2,1-3H3/t20?,21-/m0/s1. The van der Waals surface area contributed by atoms with Crippen molar-refractivity contribution in [3.63, 3.8) is 0 Å². The molecule has 40 heavy (non-hydrogen) atoms. The van der Waals surface area contributed by atoms with E-state index >= 15 is 4.39 Å². The highest BCUT2D eigenvalue weighted by Gasteiger charge is 2.37. The van der Waals surface area contributed by atoms with Crippen LogP contribution in [0.5, 0.6) is 0 Å². The van der Waals surface area contributed by atoms with Gasteiger partial charge in [-0.25, -0.2) is 14.0 Å². The van der Waals surface area contributed by atoms with Gasteiger partial charge in [-0.3, -0.25) is 9.80 Å². The zero-order chi connectivity index (χ0) is 28.4. The van der Waals surface area contributed by atoms with Crippen LogP contribution >= 0.6 is 0 Å². The number of nitrogens with zero attached hydrogens (tertiary/aromatic N) is 4. The normalized spacial score (nSPS) is 18.8. The van der Waals surface area contributed by atoms with Crippen LogP contribution in [0.4, 0.5) is 25.5 Å². The fourth-order valence-electron chi connectivity index (χ4n) is 4.40. The van der Waals surface area contributed by atoms with Gasteiger partial charge in [0.1, 0.15) is 23.8 Å². The maximum Gasteiger partial charge on any atom is 0.416 e. The molecule has 0 saturated carbocycles. The molecule has 1 unspecified atom stereocenters. The Kier molecular flexibility index (Phi) is 7.44. The predicted molar refractivity (Wildman–Crippen MR) is 143 cm³/mol. The minimum atomic E-state index is -0.751. The Morgan fingerprint density at radius 3 is 2.52 bits per heavy atom. The number of amides is 2. The van der Waals surface area contributed by atoms with Gasteiger partial charge in [0.25, 0.3) is 0 Å². The van der Waals surface area contributed by atoms with Crippen molar-refractivity contribution in [2.45, 2.75) is 45.0 Å². The number of rotatable bonds is 7. The van der Waals surface area contributed by atoms with Gasteiger partial charge in [-0.15, -0.1) is 0 Å². The molecule has 3 heterocycles. The number of carbonyl (C=O) groups excluding carboxylic acids is 2. The molecule has 2 atom stereocenters. The SMILES string of the molecule is CC(C)(C)OC(=O)N(C[C@@H]1CN(c2ccc(-c3ccc(C4=NOC(CO)C4)cc3)c(F)c2)C(=O)O1)c1ccon1. The number of ether oxygens (including phenoxy) is 2. The average Bonchev–Trinajstić information content (AvgIpc) is 3.68. The molecule has 2 aliphatic heterocycles. The number of aromatic nitrogens is 1. The summed E-state index contributed by atoms with van der Waals surface area (Å²) in [6.45, 7) is 5.15. The smallest absolute Gasteiger partial charge is 0.416 e. The minimum Gasteiger partial charge on any atom is -0.443 e. The van der Waals surface area contributed by atoms with Gasteiger partial charge in [-0.1, -0.05) is 34.6 Å². The van der Waals surface area contributed by atoms with Gasteiger partial charge in [0, 0.05) is 18.1 Å². The summed E-state index contributed by atoms with van der Waals surface area (Å²) in [7, 11) is 0. The lowest BCUT2D eigenvalue weighted by molar-refractivity contribution is 0.0390. The number of hydrogen-bond donors (Lipinski definition) is 1. The predicted octanol–water partition coefficient (Wildman–Crippen LogP) is 4.73. The van der Waals surface area contributed by atoms with Crippen LogP contribution in [-0.4, -0.2) is 65.7 Å². The first-order valence-corrected chi connectivity index (χ1v) is 12.7. The first-order valence-electron chi connectivity index (χ1n) is 12.7. The lowest BCUT2D eigenvalue weighted by Crippen LogP contribution is -2.42. The third-order valence-electron chi connectivity index (χ3n) is 6.31. The van der Waals surface area contributed by atoms with Crippen molar-refractivity contribution >= 4 is 29.4 Å². The number of oxime groups is 1. The van der Waals surface area contributed by atoms with Crippen LogP contribution in [0.15, 0.2) is 64.5 Å². The molecule has 1 aromatic heterocycles. The molecular weight excluding hydrogens is 523 g/mol. The molecule has 12 heteroatoms. The molecule has 2 aromatic carbocycles. The summed E-state index contributed by atoms with van der Waals surface area (Å²) in [6, 6.07) is 13.2. The number of anilines is 2. The van der Waals surface area contributed by atoms with Crippen molar-refractivity contribution in [3.05, 3.63) is 66.2 Å². The van der Waals surface area contributed by atoms with Gasteiger partial charge in [-0.2, -0.15) is 0 Å². The second-order valence-corrected chi connectivity index (χ2v) is 10.5. The first kappa shape index (κ1) is 27.1. The molecule has 0 radical (unpaired) electrons. The van der Waals surface area contributed by atoms with Gasteiger partial charge in [-0.05, 0) is 50.1 Å². The van der Waals surface area contributed by atoms with Crippen molar-refractivity contribution in [2.75, 3.05) is 29.5 Å². The molecule has 0 bridgehead atoms. The third kappa shape index (κ3) is 5.91. The van der Waals surface area contributed by atoms with Gasteiger partial charge in [0.2, 0.25) is 0 Å². The van der Waals surface area contributed by atoms with Crippen LogP contribution in [0, 0.1) is 5.82 Å². The summed E-state index contributed by atoms with van der Waals surface area (Å²) in [6.07, 6.45) is -0.578. The van der Waals surface area contributed by atoms with Crippen molar-refractivity contribution in [1.29, 1.82) is 0 Å². The topological polar surface area (TPSA) is 127 Å². The number of cyclic esters (lactones) is 1. The molecule has 2 aliphatic rings. The van der Waals surface area contributed by atoms with Gasteiger partial charge in [0.15, 0.2) is 11.9 Å². The highest BCUT2D eigenvalue weighted by Crippen LogP contribution is 2.30. The van der Waals surface area contributed by atoms with E-state index in [4.69, 9.17) is 18.8 Å². The van der Waals surface area contributed by atoms with E-state index in [0.29, 0.717) is 23.2 Å². The fourth-order valence-corrected chi connectivity index (χ4v) is 4.40. The molecule has 3 aromatic rings. The van der Waals surface area contributed by atoms with E-state index in [-0.39, 0.29) is 31.6 Å². The second kappa shape index (κ2) is 11.0. The molecule has 11 nitrogen and oxygen atoms in total. The molecule has 5 rings (SSSR count). The monoisotopic (exact) mass is 552 g/mol. The quantitative estimate of drug-likeness (QED) is 0.446. The lowest BCUT2D eigenvalue weighted by atomic mass is 9.99. The zero-order valence-electron chi connectivity index (χ0n) is 22.2. The number of hydrogen-bond acceptors (Lipinski definition) is 9. The summed E-state index contributed by atoms with van der Waals surface area (Å²) in [5.41, 5.74) is 2.13. The van der Waals surface area contributed by atoms with Crippen LogP contribution in [0.3, 0.4) is 0 Å². The molecule has 1 N–H and O–H groups in total. The highest BCUT2D eigenvalue weighted by molar-refractivity contribution is 6.01. The number of halogens is 1. The van der Waals surface area contributed by atoms with Crippen LogP contribution in [0.2, 0.25) is 0 Å². The maximum absolute atomic E-state index is 15.2. The number of carbonyl (C=O) groups is 2. The van der Waals surface area contributed by atoms with E-state index in [0.717, 1.165) is 11.3 Å². The molecule has 0 spiro atoms. The van der Waals surface area contributed by atoms with Gasteiger partial charge in [0.05, 0.1) is 31.1 Å². The van der Waals surface area contributed by atoms with Crippen LogP contribution in [0.25, 0.3) is 11.1 Å². The molecule has 0 aliphatic carbocycles. The summed E-state index contributed by atoms with van der Waals surface area (Å²) >= 11 is 0. The Morgan fingerprint density at radius 1 is 1.15 bits per heavy atom. The number of aliphatic hydroxyl groups is 1. The summed E-state index contributed by atoms with van der Waals surface area (Å²) in [4.78, 5) is 33.2. The van der Waals surface area contributed by atoms with E-state index in [1.165, 1.54) is 28.2 Å². The molecule has 1 saturated heterocycles. The van der Waals surface area contributed by atoms with E-state index in [1.54, 1.807) is 45.0 Å². The van der Waals surface area contributed by atoms with Crippen LogP contribution in [0.1, 0.15) is 32.8 Å². The van der Waals surface area contributed by atoms with Gasteiger partial charge < -0.3 is 23.9 Å². The van der Waals surface area contributed by atoms with Crippen molar-refractivity contribution < 1.29 is 37.9 Å². The number of benzene rings is 2. The maximum atomic E-state index is 15.2. The Balaban J connectivity index is 1.28. The molecular formula is C28H29FN4O7. The van der Waals surface area contributed by atoms with Crippen molar-refractivity contribution in [2.24, 2.45) is 5.16 Å². The zero-order valence-corrected chi connectivity index (χ0v) is 22.2. The Labute approximate surface area is 229 Å². The summed E-state index contributed by atoms with van der Waals surface area (Å²) in [5, 5.41) is 17.0. The van der Waals surface area contributed by atoms with Gasteiger partial charge >= 0.3 is 12.2 Å². The van der Waals surface area contributed by atoms with Crippen LogP contribution in [-0.2, 0) is 14.3 Å².